The van der Waals surface area contributed by atoms with E-state index in [-0.39, 0.29) is 12.1 Å². The number of nitriles is 1. The second kappa shape index (κ2) is 8.42. The van der Waals surface area contributed by atoms with Crippen molar-refractivity contribution < 1.29 is 14.1 Å². The summed E-state index contributed by atoms with van der Waals surface area (Å²) in [5.74, 6) is 0.534. The second-order valence-electron chi connectivity index (χ2n) is 5.75. The number of nitrogens with one attached hydrogen (secondary N) is 1. The molecule has 1 amide bonds. The number of nitrogens with zero attached hydrogens (tertiary/aromatic N) is 3. The van der Waals surface area contributed by atoms with E-state index in [9.17, 15) is 14.9 Å². The van der Waals surface area contributed by atoms with Crippen LogP contribution in [0.4, 0.5) is 5.69 Å². The smallest absolute Gasteiger partial charge is 0.273 e. The molecule has 0 aliphatic heterocycles. The minimum Gasteiger partial charge on any atom is -0.455 e. The Hall–Kier alpha value is -4.25. The molecule has 0 saturated carbocycles. The molecule has 0 aliphatic carbocycles. The molecule has 0 fully saturated rings. The Morgan fingerprint density at radius 1 is 1.18 bits per heavy atom. The highest BCUT2D eigenvalue weighted by molar-refractivity contribution is 5.82. The average molecular weight is 374 g/mol. The molecule has 0 spiro atoms. The summed E-state index contributed by atoms with van der Waals surface area (Å²) < 4.78 is 5.62. The van der Waals surface area contributed by atoms with Gasteiger partial charge in [-0.3, -0.25) is 14.9 Å². The number of nitro groups is 1. The summed E-state index contributed by atoms with van der Waals surface area (Å²) in [5, 5.41) is 23.6. The van der Waals surface area contributed by atoms with E-state index < -0.39 is 10.8 Å². The summed E-state index contributed by atoms with van der Waals surface area (Å²) in [6, 6.07) is 18.4. The van der Waals surface area contributed by atoms with Crippen LogP contribution >= 0.6 is 0 Å². The maximum atomic E-state index is 12.0. The highest BCUT2D eigenvalue weighted by Gasteiger charge is 2.15. The predicted molar refractivity (Wildman–Crippen MR) is 101 cm³/mol. The molecule has 0 aliphatic rings. The molecule has 1 heterocycles. The Kier molecular flexibility index (Phi) is 5.58. The number of hydrazone groups is 1. The Bertz CT molecular complexity index is 1080. The van der Waals surface area contributed by atoms with Gasteiger partial charge in [0.2, 0.25) is 5.91 Å². The van der Waals surface area contributed by atoms with E-state index in [1.54, 1.807) is 48.5 Å². The van der Waals surface area contributed by atoms with Crippen molar-refractivity contribution in [2.24, 2.45) is 5.10 Å². The minimum atomic E-state index is -0.528. The lowest BCUT2D eigenvalue weighted by Crippen LogP contribution is -2.20. The van der Waals surface area contributed by atoms with E-state index in [0.717, 1.165) is 5.56 Å². The third-order valence-corrected chi connectivity index (χ3v) is 3.85. The fourth-order valence-corrected chi connectivity index (χ4v) is 2.51. The van der Waals surface area contributed by atoms with Crippen molar-refractivity contribution in [1.82, 2.24) is 5.43 Å². The summed E-state index contributed by atoms with van der Waals surface area (Å²) in [6.45, 7) is 0. The monoisotopic (exact) mass is 374 g/mol. The van der Waals surface area contributed by atoms with Crippen LogP contribution in [-0.2, 0) is 11.2 Å². The molecule has 1 aromatic heterocycles. The highest BCUT2D eigenvalue weighted by Crippen LogP contribution is 2.22. The van der Waals surface area contributed by atoms with Gasteiger partial charge < -0.3 is 4.42 Å². The van der Waals surface area contributed by atoms with Gasteiger partial charge in [0, 0.05) is 17.2 Å². The third kappa shape index (κ3) is 4.47. The first-order chi connectivity index (χ1) is 13.6. The average Bonchev–Trinajstić information content (AvgIpc) is 3.17. The van der Waals surface area contributed by atoms with Crippen molar-refractivity contribution in [1.29, 1.82) is 5.26 Å². The Labute approximate surface area is 159 Å². The topological polar surface area (TPSA) is 122 Å². The SMILES string of the molecule is N#Cc1ccc(-c2ccc(C=NNC(=O)Cc3ccccc3[N+](=O)[O-])o2)cc1. The van der Waals surface area contributed by atoms with Gasteiger partial charge in [0.1, 0.15) is 11.5 Å². The van der Waals surface area contributed by atoms with Gasteiger partial charge in [0.25, 0.3) is 5.69 Å². The van der Waals surface area contributed by atoms with Crippen LogP contribution in [0.15, 0.2) is 70.2 Å². The molecule has 0 radical (unpaired) electrons. The first-order valence-electron chi connectivity index (χ1n) is 8.21. The molecule has 138 valence electrons. The molecule has 0 bridgehead atoms. The van der Waals surface area contributed by atoms with E-state index in [2.05, 4.69) is 10.5 Å². The maximum Gasteiger partial charge on any atom is 0.273 e. The van der Waals surface area contributed by atoms with E-state index in [4.69, 9.17) is 9.68 Å². The van der Waals surface area contributed by atoms with Crippen molar-refractivity contribution in [3.05, 3.63) is 87.7 Å². The summed E-state index contributed by atoms with van der Waals surface area (Å²) >= 11 is 0. The van der Waals surface area contributed by atoms with Crippen LogP contribution in [0.2, 0.25) is 0 Å². The van der Waals surface area contributed by atoms with E-state index >= 15 is 0 Å². The number of benzene rings is 2. The van der Waals surface area contributed by atoms with Crippen molar-refractivity contribution in [2.45, 2.75) is 6.42 Å². The largest absolute Gasteiger partial charge is 0.455 e. The molecule has 1 N–H and O–H groups in total. The number of para-hydroxylation sites is 1. The Morgan fingerprint density at radius 3 is 2.64 bits per heavy atom. The first-order valence-corrected chi connectivity index (χ1v) is 8.21. The van der Waals surface area contributed by atoms with Crippen molar-refractivity contribution >= 4 is 17.8 Å². The van der Waals surface area contributed by atoms with Gasteiger partial charge in [0.15, 0.2) is 0 Å². The van der Waals surface area contributed by atoms with Crippen LogP contribution in [0.25, 0.3) is 11.3 Å². The molecular formula is C20H14N4O4. The number of furan rings is 1. The predicted octanol–water partition coefficient (Wildman–Crippen LogP) is 3.42. The lowest BCUT2D eigenvalue weighted by atomic mass is 10.1. The van der Waals surface area contributed by atoms with Crippen molar-refractivity contribution in [2.75, 3.05) is 0 Å². The highest BCUT2D eigenvalue weighted by atomic mass is 16.6. The zero-order chi connectivity index (χ0) is 19.9. The van der Waals surface area contributed by atoms with Crippen LogP contribution in [-0.4, -0.2) is 17.0 Å². The lowest BCUT2D eigenvalue weighted by molar-refractivity contribution is -0.385. The molecule has 3 rings (SSSR count). The molecule has 0 atom stereocenters. The molecule has 0 saturated heterocycles. The number of amides is 1. The number of hydrogen-bond acceptors (Lipinski definition) is 6. The lowest BCUT2D eigenvalue weighted by Gasteiger charge is -2.01. The van der Waals surface area contributed by atoms with Crippen LogP contribution < -0.4 is 5.43 Å². The molecule has 3 aromatic rings. The number of carbonyl (C=O) groups excluding carboxylic acids is 1. The van der Waals surface area contributed by atoms with E-state index in [1.807, 2.05) is 6.07 Å². The zero-order valence-corrected chi connectivity index (χ0v) is 14.5. The number of carbonyl (C=O) groups is 1. The van der Waals surface area contributed by atoms with Gasteiger partial charge in [-0.15, -0.1) is 0 Å². The van der Waals surface area contributed by atoms with Gasteiger partial charge in [-0.25, -0.2) is 5.43 Å². The van der Waals surface area contributed by atoms with Gasteiger partial charge in [-0.1, -0.05) is 18.2 Å². The molecule has 28 heavy (non-hydrogen) atoms. The van der Waals surface area contributed by atoms with Crippen LogP contribution in [0.3, 0.4) is 0 Å². The Balaban J connectivity index is 1.61. The van der Waals surface area contributed by atoms with E-state index in [0.29, 0.717) is 22.6 Å². The molecular weight excluding hydrogens is 360 g/mol. The van der Waals surface area contributed by atoms with E-state index in [1.165, 1.54) is 18.3 Å². The summed E-state index contributed by atoms with van der Waals surface area (Å²) in [5.41, 5.74) is 3.88. The van der Waals surface area contributed by atoms with Crippen LogP contribution in [0.5, 0.6) is 0 Å². The van der Waals surface area contributed by atoms with Crippen molar-refractivity contribution in [3.63, 3.8) is 0 Å². The number of hydrogen-bond donors (Lipinski definition) is 1. The van der Waals surface area contributed by atoms with Gasteiger partial charge in [-0.05, 0) is 36.4 Å². The van der Waals surface area contributed by atoms with Crippen molar-refractivity contribution in [3.8, 4) is 17.4 Å². The van der Waals surface area contributed by atoms with Gasteiger partial charge in [-0.2, -0.15) is 10.4 Å². The van der Waals surface area contributed by atoms with Gasteiger partial charge in [0.05, 0.1) is 29.2 Å². The first kappa shape index (κ1) is 18.5. The molecule has 8 heteroatoms. The van der Waals surface area contributed by atoms with Gasteiger partial charge >= 0.3 is 0 Å². The maximum absolute atomic E-state index is 12.0. The van der Waals surface area contributed by atoms with Crippen LogP contribution in [0, 0.1) is 21.4 Å². The fraction of sp³-hybridized carbons (Fsp3) is 0.0500. The minimum absolute atomic E-state index is 0.111. The molecule has 8 nitrogen and oxygen atoms in total. The normalized spacial score (nSPS) is 10.5. The quantitative estimate of drug-likeness (QED) is 0.402. The Morgan fingerprint density at radius 2 is 1.93 bits per heavy atom. The summed E-state index contributed by atoms with van der Waals surface area (Å²) in [6.07, 6.45) is 1.17. The standard InChI is InChI=1S/C20H14N4O4/c21-12-14-5-7-15(8-6-14)19-10-9-17(28-19)13-22-23-20(25)11-16-3-1-2-4-18(16)24(26)27/h1-10,13H,11H2,(H,23,25). The third-order valence-electron chi connectivity index (χ3n) is 3.85. The zero-order valence-electron chi connectivity index (χ0n) is 14.5. The molecule has 2 aromatic carbocycles. The molecule has 0 unspecified atom stereocenters. The second-order valence-corrected chi connectivity index (χ2v) is 5.75. The summed E-state index contributed by atoms with van der Waals surface area (Å²) in [4.78, 5) is 22.4. The fourth-order valence-electron chi connectivity index (χ4n) is 2.51. The summed E-state index contributed by atoms with van der Waals surface area (Å²) in [7, 11) is 0. The number of nitro benzene ring substituents is 1. The number of rotatable bonds is 6. The van der Waals surface area contributed by atoms with Crippen LogP contribution in [0.1, 0.15) is 16.9 Å².